The molecule has 0 rings (SSSR count). The minimum Gasteiger partial charge on any atom is -0.481 e. The van der Waals surface area contributed by atoms with Gasteiger partial charge in [-0.25, -0.2) is 4.79 Å². The molecule has 194 valence electrons. The third kappa shape index (κ3) is 9.24. The summed E-state index contributed by atoms with van der Waals surface area (Å²) in [4.78, 5) is 66.6. The van der Waals surface area contributed by atoms with Gasteiger partial charge in [0.1, 0.15) is 0 Å². The lowest BCUT2D eigenvalue weighted by molar-refractivity contribution is -0.144. The summed E-state index contributed by atoms with van der Waals surface area (Å²) < 4.78 is 86.3. The van der Waals surface area contributed by atoms with Crippen LogP contribution in [0.15, 0.2) is 0 Å². The lowest BCUT2D eigenvalue weighted by atomic mass is 10.3. The molecule has 0 amide bonds. The molecule has 0 saturated carbocycles. The van der Waals surface area contributed by atoms with Gasteiger partial charge in [-0.2, -0.15) is 25.3 Å². The molecule has 3 unspecified atom stereocenters. The number of hydrogen-bond donors (Lipinski definition) is 5. The number of hydrogen-bond acceptors (Lipinski definition) is 14. The Hall–Kier alpha value is -3.37. The maximum absolute atomic E-state index is 11.9. The van der Waals surface area contributed by atoms with E-state index in [1.807, 2.05) is 0 Å². The number of carboxylic acids is 4. The number of carbonyl (C=O) groups is 6. The molecule has 0 heterocycles. The maximum Gasteiger partial charge on any atom is 0.343 e. The first-order chi connectivity index (χ1) is 15.1. The average molecular weight is 558 g/mol. The standard InChI is InChI=1S/C12H14O19S3/c13-7(14)1-4(10(18)19)33(26,27)30-9(17)3-6(32(23,24)25)12(22)31-34(28,29)5(11(20)21)2-8(15)16/h4-6H,1-3H2,(H,13,14)(H,15,16)(H,18,19)(H,20,21)(H,23,24,25). The topological polar surface area (TPSA) is 324 Å². The summed E-state index contributed by atoms with van der Waals surface area (Å²) in [7, 11) is -17.2. The molecule has 0 radical (unpaired) electrons. The van der Waals surface area contributed by atoms with Crippen molar-refractivity contribution in [2.75, 3.05) is 0 Å². The van der Waals surface area contributed by atoms with Crippen molar-refractivity contribution in [1.82, 2.24) is 0 Å². The molecule has 34 heavy (non-hydrogen) atoms. The van der Waals surface area contributed by atoms with Crippen LogP contribution in [0.25, 0.3) is 0 Å². The summed E-state index contributed by atoms with van der Waals surface area (Å²) in [5.74, 6) is -13.6. The smallest absolute Gasteiger partial charge is 0.343 e. The highest BCUT2D eigenvalue weighted by Gasteiger charge is 2.45. The van der Waals surface area contributed by atoms with E-state index in [1.165, 1.54) is 0 Å². The van der Waals surface area contributed by atoms with Crippen molar-refractivity contribution in [3.05, 3.63) is 0 Å². The zero-order chi connectivity index (χ0) is 27.2. The van der Waals surface area contributed by atoms with Crippen LogP contribution in [0.2, 0.25) is 0 Å². The Morgan fingerprint density at radius 2 is 0.941 bits per heavy atom. The van der Waals surface area contributed by atoms with Crippen LogP contribution < -0.4 is 0 Å². The van der Waals surface area contributed by atoms with E-state index >= 15 is 0 Å². The van der Waals surface area contributed by atoms with Gasteiger partial charge in [0.25, 0.3) is 10.1 Å². The minimum absolute atomic E-state index is 1.63. The largest absolute Gasteiger partial charge is 0.481 e. The van der Waals surface area contributed by atoms with Crippen LogP contribution in [-0.2, 0) is 67.5 Å². The van der Waals surface area contributed by atoms with Crippen LogP contribution in [0.5, 0.6) is 0 Å². The molecule has 0 fully saturated rings. The molecule has 0 saturated heterocycles. The van der Waals surface area contributed by atoms with Crippen molar-refractivity contribution in [3.63, 3.8) is 0 Å². The molecule has 0 aliphatic carbocycles. The van der Waals surface area contributed by atoms with Crippen molar-refractivity contribution in [3.8, 4) is 0 Å². The van der Waals surface area contributed by atoms with Crippen LogP contribution in [0.1, 0.15) is 19.3 Å². The first kappa shape index (κ1) is 30.6. The van der Waals surface area contributed by atoms with Gasteiger partial charge in [-0.3, -0.25) is 28.5 Å². The summed E-state index contributed by atoms with van der Waals surface area (Å²) >= 11 is 0. The van der Waals surface area contributed by atoms with Gasteiger partial charge in [-0.1, -0.05) is 0 Å². The molecular weight excluding hydrogens is 544 g/mol. The second-order valence-corrected chi connectivity index (χ2v) is 10.9. The van der Waals surface area contributed by atoms with Gasteiger partial charge in [-0.15, -0.1) is 0 Å². The Morgan fingerprint density at radius 3 is 1.24 bits per heavy atom. The Morgan fingerprint density at radius 1 is 0.588 bits per heavy atom. The van der Waals surface area contributed by atoms with Crippen molar-refractivity contribution in [1.29, 1.82) is 0 Å². The first-order valence-corrected chi connectivity index (χ1v) is 12.3. The van der Waals surface area contributed by atoms with E-state index < -0.39 is 101 Å². The summed E-state index contributed by atoms with van der Waals surface area (Å²) in [6.07, 6.45) is -5.36. The highest BCUT2D eigenvalue weighted by molar-refractivity contribution is 7.89. The molecule has 0 aromatic rings. The van der Waals surface area contributed by atoms with Crippen molar-refractivity contribution < 1.29 is 87.4 Å². The van der Waals surface area contributed by atoms with Gasteiger partial charge in [0.2, 0.25) is 10.5 Å². The Balaban J connectivity index is 5.88. The summed E-state index contributed by atoms with van der Waals surface area (Å²) in [5, 5.41) is 25.4. The van der Waals surface area contributed by atoms with Crippen LogP contribution in [0.4, 0.5) is 0 Å². The summed E-state index contributed by atoms with van der Waals surface area (Å²) in [6, 6.07) is 0. The fourth-order valence-electron chi connectivity index (χ4n) is 1.85. The first-order valence-electron chi connectivity index (χ1n) is 7.90. The van der Waals surface area contributed by atoms with E-state index in [1.54, 1.807) is 0 Å². The predicted molar refractivity (Wildman–Crippen MR) is 97.3 cm³/mol. The van der Waals surface area contributed by atoms with E-state index in [2.05, 4.69) is 8.37 Å². The predicted octanol–water partition coefficient (Wildman–Crippen LogP) is -3.77. The second kappa shape index (κ2) is 11.2. The summed E-state index contributed by atoms with van der Waals surface area (Å²) in [5.41, 5.74) is 0. The second-order valence-electron chi connectivity index (χ2n) is 5.90. The third-order valence-electron chi connectivity index (χ3n) is 3.35. The Labute approximate surface area is 188 Å². The Bertz CT molecular complexity index is 1190. The van der Waals surface area contributed by atoms with E-state index in [-0.39, 0.29) is 0 Å². The SMILES string of the molecule is O=C(O)CC(C(=O)O)S(=O)(=O)OC(=O)CC(C(=O)OS(=O)(=O)C(CC(=O)O)C(=O)O)S(=O)(=O)O. The number of aliphatic carboxylic acids is 4. The highest BCUT2D eigenvalue weighted by Crippen LogP contribution is 2.17. The molecule has 22 heteroatoms. The van der Waals surface area contributed by atoms with Gasteiger partial charge in [0.05, 0.1) is 19.3 Å². The van der Waals surface area contributed by atoms with Gasteiger partial charge < -0.3 is 28.8 Å². The number of carboxylic acid groups (broad SMARTS) is 4. The quantitative estimate of drug-likeness (QED) is 0.101. The van der Waals surface area contributed by atoms with E-state index in [0.717, 1.165) is 0 Å². The average Bonchev–Trinajstić information content (AvgIpc) is 2.59. The molecule has 0 bridgehead atoms. The molecule has 19 nitrogen and oxygen atoms in total. The minimum atomic E-state index is -5.82. The van der Waals surface area contributed by atoms with Crippen molar-refractivity contribution in [2.24, 2.45) is 0 Å². The van der Waals surface area contributed by atoms with E-state index in [0.29, 0.717) is 0 Å². The Kier molecular flexibility index (Phi) is 10.1. The monoisotopic (exact) mass is 558 g/mol. The molecule has 5 N–H and O–H groups in total. The molecule has 3 atom stereocenters. The zero-order valence-corrected chi connectivity index (χ0v) is 18.5. The normalized spacial score (nSPS) is 14.7. The molecular formula is C12H14O19S3. The third-order valence-corrected chi connectivity index (χ3v) is 7.37. The fraction of sp³-hybridized carbons (Fsp3) is 0.500. The maximum atomic E-state index is 11.9. The van der Waals surface area contributed by atoms with Crippen molar-refractivity contribution in [2.45, 2.75) is 35.0 Å². The lowest BCUT2D eigenvalue weighted by Gasteiger charge is -2.16. The number of rotatable bonds is 14. The number of carbonyl (C=O) groups excluding carboxylic acids is 2. The molecule has 0 aromatic heterocycles. The van der Waals surface area contributed by atoms with Crippen LogP contribution in [0.3, 0.4) is 0 Å². The molecule has 0 aliphatic heterocycles. The van der Waals surface area contributed by atoms with Gasteiger partial charge >= 0.3 is 56.1 Å². The van der Waals surface area contributed by atoms with Crippen molar-refractivity contribution >= 4 is 66.2 Å². The van der Waals surface area contributed by atoms with Crippen LogP contribution >= 0.6 is 0 Å². The molecule has 0 aromatic carbocycles. The fourth-order valence-corrected chi connectivity index (χ4v) is 4.64. The van der Waals surface area contributed by atoms with E-state index in [4.69, 9.17) is 25.0 Å². The molecule has 0 spiro atoms. The van der Waals surface area contributed by atoms with Gasteiger partial charge in [-0.05, 0) is 0 Å². The van der Waals surface area contributed by atoms with Gasteiger partial charge in [0.15, 0.2) is 5.25 Å². The van der Waals surface area contributed by atoms with Crippen LogP contribution in [-0.4, -0.2) is 102 Å². The summed E-state index contributed by atoms with van der Waals surface area (Å²) in [6.45, 7) is 0. The van der Waals surface area contributed by atoms with E-state index in [9.17, 15) is 54.0 Å². The zero-order valence-electron chi connectivity index (χ0n) is 16.0. The van der Waals surface area contributed by atoms with Crippen LogP contribution in [0, 0.1) is 0 Å². The molecule has 0 aliphatic rings. The van der Waals surface area contributed by atoms with Gasteiger partial charge in [0, 0.05) is 0 Å². The highest BCUT2D eigenvalue weighted by atomic mass is 32.2. The lowest BCUT2D eigenvalue weighted by Crippen LogP contribution is -2.41.